The van der Waals surface area contributed by atoms with Gasteiger partial charge in [0.1, 0.15) is 0 Å². The minimum atomic E-state index is -2.16. The minimum Gasteiger partial charge on any atom is -0.481 e. The topological polar surface area (TPSA) is 152 Å². The fourth-order valence-electron chi connectivity index (χ4n) is 4.53. The number of hydrogen-bond acceptors (Lipinski definition) is 9. The molecule has 190 valence electrons. The van der Waals surface area contributed by atoms with Gasteiger partial charge in [-0.05, 0) is 37.6 Å². The molecule has 1 unspecified atom stereocenters. The third-order valence-corrected chi connectivity index (χ3v) is 6.34. The van der Waals surface area contributed by atoms with Gasteiger partial charge in [0, 0.05) is 42.3 Å². The zero-order chi connectivity index (χ0) is 25.2. The third kappa shape index (κ3) is 5.29. The van der Waals surface area contributed by atoms with E-state index in [-0.39, 0.29) is 18.8 Å². The van der Waals surface area contributed by atoms with Crippen molar-refractivity contribution in [3.05, 3.63) is 42.0 Å². The van der Waals surface area contributed by atoms with Crippen molar-refractivity contribution in [1.29, 1.82) is 0 Å². The Bertz CT molecular complexity index is 1380. The van der Waals surface area contributed by atoms with Crippen LogP contribution >= 0.6 is 0 Å². The van der Waals surface area contributed by atoms with E-state index in [4.69, 9.17) is 18.4 Å². The molecule has 1 aromatic carbocycles. The summed E-state index contributed by atoms with van der Waals surface area (Å²) in [7, 11) is 1.50. The second kappa shape index (κ2) is 10.4. The average Bonchev–Trinajstić information content (AvgIpc) is 3.51. The molecule has 4 heterocycles. The fraction of sp³-hybridized carbons (Fsp3) is 0.391. The Morgan fingerprint density at radius 2 is 2.00 bits per heavy atom. The molecule has 1 saturated heterocycles. The molecular formula is C23H27N7O5S. The number of methoxy groups -OCH3 is 1. The van der Waals surface area contributed by atoms with Gasteiger partial charge in [0.25, 0.3) is 0 Å². The fourth-order valence-corrected chi connectivity index (χ4v) is 4.81. The highest BCUT2D eigenvalue weighted by atomic mass is 32.2. The predicted octanol–water partition coefficient (Wildman–Crippen LogP) is 2.52. The summed E-state index contributed by atoms with van der Waals surface area (Å²) >= 11 is -2.16. The molecule has 13 heteroatoms. The van der Waals surface area contributed by atoms with Crippen LogP contribution in [0.4, 0.5) is 0 Å². The van der Waals surface area contributed by atoms with Crippen molar-refractivity contribution in [3.8, 4) is 28.5 Å². The maximum absolute atomic E-state index is 11.1. The largest absolute Gasteiger partial charge is 0.481 e. The van der Waals surface area contributed by atoms with Crippen molar-refractivity contribution in [2.24, 2.45) is 0 Å². The number of aromatic nitrogens is 5. The van der Waals surface area contributed by atoms with Crippen molar-refractivity contribution in [2.75, 3.05) is 20.2 Å². The van der Waals surface area contributed by atoms with E-state index in [1.165, 1.54) is 7.11 Å². The molecule has 1 aliphatic rings. The van der Waals surface area contributed by atoms with Crippen LogP contribution in [0.1, 0.15) is 25.3 Å². The molecule has 3 atom stereocenters. The Balaban J connectivity index is 1.47. The molecule has 0 amide bonds. The molecule has 0 spiro atoms. The van der Waals surface area contributed by atoms with Crippen LogP contribution in [0.3, 0.4) is 0 Å². The van der Waals surface area contributed by atoms with Crippen molar-refractivity contribution in [3.63, 3.8) is 0 Å². The van der Waals surface area contributed by atoms with E-state index in [1.807, 2.05) is 18.2 Å². The van der Waals surface area contributed by atoms with Crippen LogP contribution in [0.5, 0.6) is 5.88 Å². The molecule has 0 aliphatic carbocycles. The number of ether oxygens (including phenoxy) is 2. The predicted molar refractivity (Wildman–Crippen MR) is 132 cm³/mol. The van der Waals surface area contributed by atoms with Gasteiger partial charge in [-0.3, -0.25) is 14.6 Å². The summed E-state index contributed by atoms with van der Waals surface area (Å²) in [6, 6.07) is 5.75. The monoisotopic (exact) mass is 513 g/mol. The van der Waals surface area contributed by atoms with Gasteiger partial charge in [0.05, 0.1) is 43.1 Å². The Kier molecular flexibility index (Phi) is 7.07. The van der Waals surface area contributed by atoms with Crippen molar-refractivity contribution in [2.45, 2.75) is 39.1 Å². The molecular weight excluding hydrogens is 486 g/mol. The maximum atomic E-state index is 11.1. The first-order valence-electron chi connectivity index (χ1n) is 11.4. The summed E-state index contributed by atoms with van der Waals surface area (Å²) in [6.45, 7) is 6.37. The van der Waals surface area contributed by atoms with Gasteiger partial charge in [-0.25, -0.2) is 13.9 Å². The van der Waals surface area contributed by atoms with Crippen LogP contribution in [-0.2, 0) is 29.1 Å². The van der Waals surface area contributed by atoms with Gasteiger partial charge >= 0.3 is 0 Å². The Hall–Kier alpha value is -3.23. The minimum absolute atomic E-state index is 0.109. The smallest absolute Gasteiger partial charge is 0.248 e. The van der Waals surface area contributed by atoms with Gasteiger partial charge in [-0.15, -0.1) is 10.2 Å². The molecule has 12 nitrogen and oxygen atoms in total. The number of benzene rings is 1. The molecule has 4 aromatic rings. The van der Waals surface area contributed by atoms with Crippen LogP contribution < -0.4 is 9.46 Å². The quantitative estimate of drug-likeness (QED) is 0.300. The highest BCUT2D eigenvalue weighted by Gasteiger charge is 2.24. The number of fused-ring (bicyclic) bond motifs is 1. The van der Waals surface area contributed by atoms with Crippen LogP contribution in [-0.4, -0.2) is 71.4 Å². The number of pyridine rings is 1. The number of morpholine rings is 1. The Labute approximate surface area is 209 Å². The summed E-state index contributed by atoms with van der Waals surface area (Å²) in [4.78, 5) is 6.62. The van der Waals surface area contributed by atoms with Crippen LogP contribution in [0.2, 0.25) is 0 Å². The van der Waals surface area contributed by atoms with E-state index < -0.39 is 11.3 Å². The zero-order valence-corrected chi connectivity index (χ0v) is 20.9. The SMILES string of the molecule is COc1ncc(-c2cc(-c3nnc(CN4C[C@@H](C)O[C@@H](C)C4)o3)c3cn[nH]c3c2)cc1CNS(=O)O. The van der Waals surface area contributed by atoms with E-state index in [2.05, 4.69) is 48.8 Å². The highest BCUT2D eigenvalue weighted by molar-refractivity contribution is 7.77. The van der Waals surface area contributed by atoms with E-state index in [0.29, 0.717) is 29.8 Å². The van der Waals surface area contributed by atoms with Crippen molar-refractivity contribution < 1.29 is 22.7 Å². The standard InChI is InChI=1S/C23H27N7O5S/c1-13-10-30(11-14(2)34-13)12-21-28-29-23(35-21)18-5-15(6-20-19(18)9-25-27-20)16-4-17(8-26-36(31)32)22(33-3)24-7-16/h4-7,9,13-14,26H,8,10-12H2,1-3H3,(H,25,27)(H,31,32)/t13-,14+. The van der Waals surface area contributed by atoms with Crippen LogP contribution in [0.25, 0.3) is 33.5 Å². The third-order valence-electron chi connectivity index (χ3n) is 5.95. The zero-order valence-electron chi connectivity index (χ0n) is 20.1. The first-order chi connectivity index (χ1) is 17.4. The first-order valence-corrected chi connectivity index (χ1v) is 12.6. The number of nitrogens with one attached hydrogen (secondary N) is 2. The van der Waals surface area contributed by atoms with Gasteiger partial charge in [0.2, 0.25) is 28.9 Å². The van der Waals surface area contributed by atoms with Gasteiger partial charge in [-0.1, -0.05) is 0 Å². The molecule has 36 heavy (non-hydrogen) atoms. The molecule has 0 radical (unpaired) electrons. The number of H-pyrrole nitrogens is 1. The summed E-state index contributed by atoms with van der Waals surface area (Å²) in [5.74, 6) is 1.30. The average molecular weight is 514 g/mol. The number of rotatable bonds is 8. The molecule has 0 saturated carbocycles. The summed E-state index contributed by atoms with van der Waals surface area (Å²) < 4.78 is 39.9. The van der Waals surface area contributed by atoms with Gasteiger partial charge < -0.3 is 13.9 Å². The van der Waals surface area contributed by atoms with E-state index in [1.54, 1.807) is 12.4 Å². The molecule has 1 aliphatic heterocycles. The van der Waals surface area contributed by atoms with Crippen molar-refractivity contribution in [1.82, 2.24) is 35.0 Å². The summed E-state index contributed by atoms with van der Waals surface area (Å²) in [5, 5.41) is 16.7. The Morgan fingerprint density at radius 3 is 2.75 bits per heavy atom. The van der Waals surface area contributed by atoms with Crippen molar-refractivity contribution >= 4 is 22.2 Å². The Morgan fingerprint density at radius 1 is 1.19 bits per heavy atom. The first kappa shape index (κ1) is 24.5. The normalized spacial score (nSPS) is 19.6. The van der Waals surface area contributed by atoms with Gasteiger partial charge in [-0.2, -0.15) is 5.10 Å². The van der Waals surface area contributed by atoms with Crippen LogP contribution in [0.15, 0.2) is 35.0 Å². The molecule has 1 fully saturated rings. The molecule has 5 rings (SSSR count). The maximum Gasteiger partial charge on any atom is 0.248 e. The summed E-state index contributed by atoms with van der Waals surface area (Å²) in [6.07, 6.45) is 3.70. The lowest BCUT2D eigenvalue weighted by atomic mass is 10.0. The van der Waals surface area contributed by atoms with Gasteiger partial charge in [0.15, 0.2) is 0 Å². The van der Waals surface area contributed by atoms with E-state index in [9.17, 15) is 4.21 Å². The lowest BCUT2D eigenvalue weighted by molar-refractivity contribution is -0.0721. The number of hydrogen-bond donors (Lipinski definition) is 3. The lowest BCUT2D eigenvalue weighted by Gasteiger charge is -2.34. The number of nitrogens with zero attached hydrogens (tertiary/aromatic N) is 5. The molecule has 3 aromatic heterocycles. The van der Waals surface area contributed by atoms with E-state index in [0.717, 1.165) is 40.7 Å². The summed E-state index contributed by atoms with van der Waals surface area (Å²) in [5.41, 5.74) is 3.79. The highest BCUT2D eigenvalue weighted by Crippen LogP contribution is 2.34. The second-order valence-electron chi connectivity index (χ2n) is 8.77. The molecule has 0 bridgehead atoms. The van der Waals surface area contributed by atoms with E-state index >= 15 is 0 Å². The lowest BCUT2D eigenvalue weighted by Crippen LogP contribution is -2.44. The van der Waals surface area contributed by atoms with Crippen LogP contribution in [0, 0.1) is 0 Å². The number of aromatic amines is 1. The molecule has 3 N–H and O–H groups in total. The second-order valence-corrected chi connectivity index (χ2v) is 9.56.